The first-order chi connectivity index (χ1) is 11.3. The first-order valence-corrected chi connectivity index (χ1v) is 6.99. The lowest BCUT2D eigenvalue weighted by Gasteiger charge is -1.92. The molecule has 4 rings (SSSR count). The fourth-order valence-corrected chi connectivity index (χ4v) is 1.90. The highest BCUT2D eigenvalue weighted by atomic mass is 16.7. The van der Waals surface area contributed by atoms with E-state index >= 15 is 0 Å². The van der Waals surface area contributed by atoms with Gasteiger partial charge in [-0.25, -0.2) is 0 Å². The molecule has 0 radical (unpaired) electrons. The van der Waals surface area contributed by atoms with E-state index in [9.17, 15) is 0 Å². The molecule has 0 amide bonds. The third-order valence-electron chi connectivity index (χ3n) is 2.78. The predicted molar refractivity (Wildman–Crippen MR) is 105 cm³/mol. The fourth-order valence-electron chi connectivity index (χ4n) is 1.90. The minimum absolute atomic E-state index is 0. The normalized spacial score (nSPS) is 11.2. The van der Waals surface area contributed by atoms with E-state index < -0.39 is 0 Å². The number of ether oxygens (including phenoxy) is 2. The van der Waals surface area contributed by atoms with Crippen LogP contribution in [0.25, 0.3) is 0 Å². The second-order valence-corrected chi connectivity index (χ2v) is 4.13. The summed E-state index contributed by atoms with van der Waals surface area (Å²) in [6.45, 7) is 16.1. The maximum Gasteiger partial charge on any atom is 0.231 e. The van der Waals surface area contributed by atoms with Gasteiger partial charge in [-0.05, 0) is 24.3 Å². The van der Waals surface area contributed by atoms with Crippen molar-refractivity contribution in [3.63, 3.8) is 0 Å². The molecule has 2 aromatic carbocycles. The average Bonchev–Trinajstić information content (AvgIpc) is 3.24. The molecule has 0 saturated carbocycles. The monoisotopic (exact) mass is 326 g/mol. The van der Waals surface area contributed by atoms with Gasteiger partial charge in [-0.2, -0.15) is 0 Å². The third kappa shape index (κ3) is 5.57. The van der Waals surface area contributed by atoms with Gasteiger partial charge in [0.2, 0.25) is 6.79 Å². The number of anilines is 2. The van der Waals surface area contributed by atoms with Crippen molar-refractivity contribution in [3.8, 4) is 11.5 Å². The molecule has 2 aromatic rings. The van der Waals surface area contributed by atoms with E-state index in [1.807, 2.05) is 48.5 Å². The SMILES string of the molecule is C.C=C.C=C.C=C1Nc2ccccc2N1.c1ccc2c(c1)OCO2. The average molecular weight is 326 g/mol. The predicted octanol–water partition coefficient (Wildman–Crippen LogP) is 5.65. The largest absolute Gasteiger partial charge is 0.454 e. The Kier molecular flexibility index (Phi) is 9.93. The Morgan fingerprint density at radius 3 is 1.50 bits per heavy atom. The smallest absolute Gasteiger partial charge is 0.231 e. The Morgan fingerprint density at radius 1 is 0.708 bits per heavy atom. The van der Waals surface area contributed by atoms with Crippen molar-refractivity contribution >= 4 is 11.4 Å². The maximum absolute atomic E-state index is 5.08. The van der Waals surface area contributed by atoms with Crippen LogP contribution in [-0.4, -0.2) is 6.79 Å². The van der Waals surface area contributed by atoms with Gasteiger partial charge >= 0.3 is 0 Å². The summed E-state index contributed by atoms with van der Waals surface area (Å²) in [4.78, 5) is 0. The molecule has 0 aromatic heterocycles. The molecule has 24 heavy (non-hydrogen) atoms. The number of hydrogen-bond donors (Lipinski definition) is 2. The van der Waals surface area contributed by atoms with Crippen LogP contribution in [0.15, 0.2) is 87.2 Å². The molecule has 0 aliphatic carbocycles. The molecule has 128 valence electrons. The Balaban J connectivity index is 0.000000355. The Labute approximate surface area is 145 Å². The van der Waals surface area contributed by atoms with Crippen molar-refractivity contribution in [2.24, 2.45) is 0 Å². The first kappa shape index (κ1) is 20.9. The molecule has 2 heterocycles. The minimum atomic E-state index is 0. The highest BCUT2D eigenvalue weighted by Gasteiger charge is 2.10. The van der Waals surface area contributed by atoms with E-state index in [2.05, 4.69) is 43.5 Å². The van der Waals surface area contributed by atoms with Crippen LogP contribution in [0.3, 0.4) is 0 Å². The Morgan fingerprint density at radius 2 is 1.08 bits per heavy atom. The van der Waals surface area contributed by atoms with Crippen LogP contribution in [0.4, 0.5) is 11.4 Å². The summed E-state index contributed by atoms with van der Waals surface area (Å²) in [5.74, 6) is 2.54. The van der Waals surface area contributed by atoms with Gasteiger partial charge in [-0.3, -0.25) is 0 Å². The second-order valence-electron chi connectivity index (χ2n) is 4.13. The molecule has 0 spiro atoms. The standard InChI is InChI=1S/C8H8N2.C7H6O2.2C2H4.CH4/c1-6-9-7-4-2-3-5-8(7)10-6;1-2-4-7-6(3-1)8-5-9-7;2*1-2;/h2-5,9-10H,1H2;1-4H,5H2;2*1-2H2;1H4. The molecule has 2 aliphatic rings. The molecule has 0 atom stereocenters. The molecule has 2 N–H and O–H groups in total. The highest BCUT2D eigenvalue weighted by Crippen LogP contribution is 2.30. The van der Waals surface area contributed by atoms with Crippen LogP contribution in [0.2, 0.25) is 0 Å². The lowest BCUT2D eigenvalue weighted by atomic mass is 10.3. The van der Waals surface area contributed by atoms with Crippen molar-refractivity contribution < 1.29 is 9.47 Å². The van der Waals surface area contributed by atoms with Gasteiger partial charge in [0.25, 0.3) is 0 Å². The van der Waals surface area contributed by atoms with Crippen molar-refractivity contribution in [2.45, 2.75) is 7.43 Å². The van der Waals surface area contributed by atoms with Gasteiger partial charge in [-0.1, -0.05) is 38.3 Å². The van der Waals surface area contributed by atoms with E-state index in [0.29, 0.717) is 6.79 Å². The minimum Gasteiger partial charge on any atom is -0.454 e. The Hall–Kier alpha value is -3.14. The third-order valence-corrected chi connectivity index (χ3v) is 2.78. The second kappa shape index (κ2) is 11.4. The lowest BCUT2D eigenvalue weighted by Crippen LogP contribution is -1.94. The molecule has 0 fully saturated rings. The number of hydrogen-bond acceptors (Lipinski definition) is 4. The number of benzene rings is 2. The van der Waals surface area contributed by atoms with Crippen molar-refractivity contribution in [1.29, 1.82) is 0 Å². The van der Waals surface area contributed by atoms with Crippen LogP contribution in [0.5, 0.6) is 11.5 Å². The van der Waals surface area contributed by atoms with Gasteiger partial charge < -0.3 is 20.1 Å². The number of fused-ring (bicyclic) bond motifs is 2. The van der Waals surface area contributed by atoms with E-state index in [-0.39, 0.29) is 7.43 Å². The van der Waals surface area contributed by atoms with Crippen LogP contribution in [-0.2, 0) is 0 Å². The molecule has 0 unspecified atom stereocenters. The quantitative estimate of drug-likeness (QED) is 0.614. The lowest BCUT2D eigenvalue weighted by molar-refractivity contribution is 0.174. The summed E-state index contributed by atoms with van der Waals surface area (Å²) in [7, 11) is 0. The number of para-hydroxylation sites is 4. The van der Waals surface area contributed by atoms with Gasteiger partial charge in [0.1, 0.15) is 5.82 Å². The van der Waals surface area contributed by atoms with Gasteiger partial charge in [0, 0.05) is 0 Å². The highest BCUT2D eigenvalue weighted by molar-refractivity contribution is 5.78. The molecule has 0 saturated heterocycles. The molecule has 4 heteroatoms. The molecule has 0 bridgehead atoms. The van der Waals surface area contributed by atoms with E-state index in [1.54, 1.807) is 0 Å². The van der Waals surface area contributed by atoms with Crippen molar-refractivity contribution in [2.75, 3.05) is 17.4 Å². The zero-order chi connectivity index (χ0) is 17.1. The van der Waals surface area contributed by atoms with E-state index in [0.717, 1.165) is 28.7 Å². The van der Waals surface area contributed by atoms with Crippen LogP contribution < -0.4 is 20.1 Å². The zero-order valence-electron chi connectivity index (χ0n) is 13.2. The van der Waals surface area contributed by atoms with Crippen LogP contribution in [0.1, 0.15) is 7.43 Å². The van der Waals surface area contributed by atoms with Crippen LogP contribution >= 0.6 is 0 Å². The molecule has 4 nitrogen and oxygen atoms in total. The van der Waals surface area contributed by atoms with Crippen molar-refractivity contribution in [1.82, 2.24) is 0 Å². The summed E-state index contributed by atoms with van der Waals surface area (Å²) in [5.41, 5.74) is 2.21. The maximum atomic E-state index is 5.08. The van der Waals surface area contributed by atoms with Crippen LogP contribution in [0, 0.1) is 0 Å². The summed E-state index contributed by atoms with van der Waals surface area (Å²) in [6, 6.07) is 15.6. The summed E-state index contributed by atoms with van der Waals surface area (Å²) < 4.78 is 10.2. The van der Waals surface area contributed by atoms with Gasteiger partial charge in [0.05, 0.1) is 11.4 Å². The number of nitrogens with one attached hydrogen (secondary N) is 2. The topological polar surface area (TPSA) is 42.5 Å². The fraction of sp³-hybridized carbons (Fsp3) is 0.100. The summed E-state index contributed by atoms with van der Waals surface area (Å²) in [6.07, 6.45) is 0. The molecular formula is C20H26N2O2. The Bertz CT molecular complexity index is 589. The van der Waals surface area contributed by atoms with E-state index in [1.165, 1.54) is 0 Å². The number of rotatable bonds is 0. The van der Waals surface area contributed by atoms with Gasteiger partial charge in [0.15, 0.2) is 11.5 Å². The molecular weight excluding hydrogens is 300 g/mol. The first-order valence-electron chi connectivity index (χ1n) is 6.99. The van der Waals surface area contributed by atoms with Gasteiger partial charge in [-0.15, -0.1) is 26.3 Å². The summed E-state index contributed by atoms with van der Waals surface area (Å²) in [5, 5.41) is 6.18. The van der Waals surface area contributed by atoms with Crippen molar-refractivity contribution in [3.05, 3.63) is 87.2 Å². The van der Waals surface area contributed by atoms with E-state index in [4.69, 9.17) is 9.47 Å². The molecule has 2 aliphatic heterocycles. The zero-order valence-corrected chi connectivity index (χ0v) is 13.2. The summed E-state index contributed by atoms with van der Waals surface area (Å²) >= 11 is 0.